The zero-order chi connectivity index (χ0) is 12.3. The second-order valence-electron chi connectivity index (χ2n) is 3.47. The van der Waals surface area contributed by atoms with E-state index in [1.54, 1.807) is 0 Å². The Bertz CT molecular complexity index is 431. The van der Waals surface area contributed by atoms with Gasteiger partial charge in [0.05, 0.1) is 11.5 Å². The minimum Gasteiger partial charge on any atom is -0.490 e. The molecule has 1 N–H and O–H groups in total. The summed E-state index contributed by atoms with van der Waals surface area (Å²) in [4.78, 5) is 20.7. The molecule has 17 heavy (non-hydrogen) atoms. The van der Waals surface area contributed by atoms with E-state index in [2.05, 4.69) is 5.32 Å². The highest BCUT2D eigenvalue weighted by molar-refractivity contribution is 5.69. The van der Waals surface area contributed by atoms with Gasteiger partial charge in [-0.2, -0.15) is 0 Å². The molecule has 1 saturated heterocycles. The number of alkyl carbamates (subject to hydrolysis) is 1. The van der Waals surface area contributed by atoms with Crippen molar-refractivity contribution in [3.63, 3.8) is 0 Å². The molecule has 1 aromatic carbocycles. The number of nitro groups is 1. The summed E-state index contributed by atoms with van der Waals surface area (Å²) in [6.07, 6.45) is -0.778. The van der Waals surface area contributed by atoms with E-state index in [1.807, 2.05) is 0 Å². The number of hydrogen-bond donors (Lipinski definition) is 1. The summed E-state index contributed by atoms with van der Waals surface area (Å²) >= 11 is 0. The monoisotopic (exact) mass is 238 g/mol. The van der Waals surface area contributed by atoms with E-state index >= 15 is 0 Å². The molecule has 7 heteroatoms. The maximum Gasteiger partial charge on any atom is 0.407 e. The van der Waals surface area contributed by atoms with E-state index in [0.717, 1.165) is 0 Å². The van der Waals surface area contributed by atoms with Crippen LogP contribution in [0.5, 0.6) is 5.75 Å². The van der Waals surface area contributed by atoms with Gasteiger partial charge in [-0.05, 0) is 12.1 Å². The Morgan fingerprint density at radius 2 is 2.18 bits per heavy atom. The van der Waals surface area contributed by atoms with Crippen LogP contribution in [0.1, 0.15) is 0 Å². The molecule has 1 amide bonds. The van der Waals surface area contributed by atoms with Crippen molar-refractivity contribution >= 4 is 11.8 Å². The van der Waals surface area contributed by atoms with Crippen LogP contribution in [0.3, 0.4) is 0 Å². The van der Waals surface area contributed by atoms with Crippen LogP contribution in [0, 0.1) is 10.1 Å². The molecule has 7 nitrogen and oxygen atoms in total. The first kappa shape index (κ1) is 11.2. The molecule has 0 bridgehead atoms. The minimum absolute atomic E-state index is 0.00584. The third-order valence-electron chi connectivity index (χ3n) is 2.23. The first-order valence-corrected chi connectivity index (χ1v) is 4.97. The third kappa shape index (κ3) is 2.83. The summed E-state index contributed by atoms with van der Waals surface area (Å²) in [5.74, 6) is 0.499. The molecule has 0 radical (unpaired) electrons. The number of cyclic esters (lactones) is 1. The number of benzene rings is 1. The van der Waals surface area contributed by atoms with E-state index in [4.69, 9.17) is 9.47 Å². The van der Waals surface area contributed by atoms with Crippen LogP contribution in [-0.4, -0.2) is 30.3 Å². The highest BCUT2D eigenvalue weighted by atomic mass is 16.6. The SMILES string of the molecule is O=C1NCC(COc2ccc([N+](=O)[O-])cc2)O1. The van der Waals surface area contributed by atoms with Crippen molar-refractivity contribution in [2.75, 3.05) is 13.2 Å². The highest BCUT2D eigenvalue weighted by Crippen LogP contribution is 2.17. The molecule has 0 spiro atoms. The second-order valence-corrected chi connectivity index (χ2v) is 3.47. The molecule has 0 saturated carbocycles. The van der Waals surface area contributed by atoms with Gasteiger partial charge < -0.3 is 14.8 Å². The highest BCUT2D eigenvalue weighted by Gasteiger charge is 2.22. The number of nitro benzene ring substituents is 1. The number of hydrogen-bond acceptors (Lipinski definition) is 5. The van der Waals surface area contributed by atoms with Crippen LogP contribution >= 0.6 is 0 Å². The standard InChI is InChI=1S/C10H10N2O5/c13-10-11-5-9(17-10)6-16-8-3-1-7(2-4-8)12(14)15/h1-4,9H,5-6H2,(H,11,13). The first-order valence-electron chi connectivity index (χ1n) is 4.97. The predicted molar refractivity (Wildman–Crippen MR) is 56.9 cm³/mol. The number of nitrogens with one attached hydrogen (secondary N) is 1. The van der Waals surface area contributed by atoms with Gasteiger partial charge in [-0.1, -0.05) is 0 Å². The Morgan fingerprint density at radius 1 is 1.47 bits per heavy atom. The lowest BCUT2D eigenvalue weighted by Crippen LogP contribution is -2.21. The van der Waals surface area contributed by atoms with Crippen LogP contribution in [0.2, 0.25) is 0 Å². The smallest absolute Gasteiger partial charge is 0.407 e. The largest absolute Gasteiger partial charge is 0.490 e. The van der Waals surface area contributed by atoms with E-state index in [1.165, 1.54) is 24.3 Å². The Balaban J connectivity index is 1.87. The Labute approximate surface area is 96.5 Å². The maximum absolute atomic E-state index is 10.7. The van der Waals surface area contributed by atoms with Crippen LogP contribution in [-0.2, 0) is 4.74 Å². The number of carbonyl (C=O) groups excluding carboxylic acids is 1. The molecular weight excluding hydrogens is 228 g/mol. The zero-order valence-electron chi connectivity index (χ0n) is 8.79. The van der Waals surface area contributed by atoms with Gasteiger partial charge in [0.2, 0.25) is 0 Å². The fourth-order valence-corrected chi connectivity index (χ4v) is 1.38. The minimum atomic E-state index is -0.480. The van der Waals surface area contributed by atoms with Crippen molar-refractivity contribution in [1.82, 2.24) is 5.32 Å². The summed E-state index contributed by atoms with van der Waals surface area (Å²) < 4.78 is 10.2. The number of amides is 1. The van der Waals surface area contributed by atoms with Gasteiger partial charge in [0.1, 0.15) is 12.4 Å². The molecule has 1 aliphatic heterocycles. The van der Waals surface area contributed by atoms with Crippen molar-refractivity contribution in [3.8, 4) is 5.75 Å². The topological polar surface area (TPSA) is 90.7 Å². The zero-order valence-corrected chi connectivity index (χ0v) is 8.79. The van der Waals surface area contributed by atoms with Crippen molar-refractivity contribution in [1.29, 1.82) is 0 Å². The van der Waals surface area contributed by atoms with E-state index in [0.29, 0.717) is 12.3 Å². The number of non-ortho nitro benzene ring substituents is 1. The molecule has 0 aliphatic carbocycles. The summed E-state index contributed by atoms with van der Waals surface area (Å²) in [6, 6.07) is 5.72. The molecule has 90 valence electrons. The van der Waals surface area contributed by atoms with Gasteiger partial charge >= 0.3 is 6.09 Å². The second kappa shape index (κ2) is 4.69. The van der Waals surface area contributed by atoms with Crippen molar-refractivity contribution in [2.45, 2.75) is 6.10 Å². The Hall–Kier alpha value is -2.31. The maximum atomic E-state index is 10.7. The molecular formula is C10H10N2O5. The summed E-state index contributed by atoms with van der Waals surface area (Å²) in [6.45, 7) is 0.627. The molecule has 1 fully saturated rings. The van der Waals surface area contributed by atoms with Gasteiger partial charge in [-0.25, -0.2) is 4.79 Å². The van der Waals surface area contributed by atoms with Crippen LogP contribution in [0.15, 0.2) is 24.3 Å². The number of rotatable bonds is 4. The predicted octanol–water partition coefficient (Wildman–Crippen LogP) is 1.08. The Morgan fingerprint density at radius 3 is 2.71 bits per heavy atom. The normalized spacial score (nSPS) is 18.4. The molecule has 1 aromatic rings. The lowest BCUT2D eigenvalue weighted by Gasteiger charge is -2.09. The molecule has 0 aromatic heterocycles. The number of nitrogens with zero attached hydrogens (tertiary/aromatic N) is 1. The average molecular weight is 238 g/mol. The quantitative estimate of drug-likeness (QED) is 0.626. The fraction of sp³-hybridized carbons (Fsp3) is 0.300. The van der Waals surface area contributed by atoms with E-state index in [-0.39, 0.29) is 18.4 Å². The summed E-state index contributed by atoms with van der Waals surface area (Å²) in [7, 11) is 0. The first-order chi connectivity index (χ1) is 8.15. The average Bonchev–Trinajstić information content (AvgIpc) is 2.73. The summed E-state index contributed by atoms with van der Waals surface area (Å²) in [5.41, 5.74) is 0.00584. The molecule has 1 aliphatic rings. The number of ether oxygens (including phenoxy) is 2. The van der Waals surface area contributed by atoms with Gasteiger partial charge in [-0.3, -0.25) is 10.1 Å². The van der Waals surface area contributed by atoms with E-state index in [9.17, 15) is 14.9 Å². The van der Waals surface area contributed by atoms with Gasteiger partial charge in [0.15, 0.2) is 6.10 Å². The third-order valence-corrected chi connectivity index (χ3v) is 2.23. The van der Waals surface area contributed by atoms with Crippen LogP contribution in [0.25, 0.3) is 0 Å². The fourth-order valence-electron chi connectivity index (χ4n) is 1.38. The van der Waals surface area contributed by atoms with Crippen LogP contribution < -0.4 is 10.1 Å². The van der Waals surface area contributed by atoms with Crippen molar-refractivity contribution in [3.05, 3.63) is 34.4 Å². The molecule has 1 atom stereocenters. The van der Waals surface area contributed by atoms with Gasteiger partial charge in [0, 0.05) is 12.1 Å². The van der Waals surface area contributed by atoms with Gasteiger partial charge in [0.25, 0.3) is 5.69 Å². The van der Waals surface area contributed by atoms with Gasteiger partial charge in [-0.15, -0.1) is 0 Å². The van der Waals surface area contributed by atoms with E-state index < -0.39 is 11.0 Å². The number of carbonyl (C=O) groups is 1. The van der Waals surface area contributed by atoms with Crippen molar-refractivity contribution in [2.24, 2.45) is 0 Å². The van der Waals surface area contributed by atoms with Crippen molar-refractivity contribution < 1.29 is 19.2 Å². The lowest BCUT2D eigenvalue weighted by molar-refractivity contribution is -0.384. The lowest BCUT2D eigenvalue weighted by atomic mass is 10.3. The van der Waals surface area contributed by atoms with Crippen LogP contribution in [0.4, 0.5) is 10.5 Å². The molecule has 1 unspecified atom stereocenters. The summed E-state index contributed by atoms with van der Waals surface area (Å²) in [5, 5.41) is 12.9. The molecule has 2 rings (SSSR count). The Kier molecular flexibility index (Phi) is 3.08. The molecule has 1 heterocycles.